The van der Waals surface area contributed by atoms with Gasteiger partial charge in [0.1, 0.15) is 0 Å². The molecule has 5 nitrogen and oxygen atoms in total. The van der Waals surface area contributed by atoms with Crippen molar-refractivity contribution in [3.63, 3.8) is 0 Å². The number of guanidine groups is 1. The fourth-order valence-corrected chi connectivity index (χ4v) is 2.01. The molecule has 1 aliphatic carbocycles. The van der Waals surface area contributed by atoms with E-state index in [0.29, 0.717) is 18.3 Å². The number of hydrogen-bond donors (Lipinski definition) is 2. The Kier molecular flexibility index (Phi) is 9.28. The summed E-state index contributed by atoms with van der Waals surface area (Å²) >= 11 is 0. The van der Waals surface area contributed by atoms with Gasteiger partial charge in [0, 0.05) is 32.4 Å². The number of ether oxygens (including phenoxy) is 1. The first-order valence-corrected chi connectivity index (χ1v) is 8.19. The van der Waals surface area contributed by atoms with E-state index in [9.17, 15) is 0 Å². The Morgan fingerprint density at radius 1 is 1.39 bits per heavy atom. The van der Waals surface area contributed by atoms with E-state index < -0.39 is 0 Å². The molecule has 0 radical (unpaired) electrons. The molecule has 0 spiro atoms. The average Bonchev–Trinajstić information content (AvgIpc) is 3.33. The molecule has 0 amide bonds. The Bertz CT molecular complexity index is 489. The van der Waals surface area contributed by atoms with Crippen LogP contribution in [-0.2, 0) is 6.54 Å². The minimum atomic E-state index is 0. The van der Waals surface area contributed by atoms with Crippen LogP contribution in [0.25, 0.3) is 0 Å². The molecule has 1 fully saturated rings. The van der Waals surface area contributed by atoms with Gasteiger partial charge in [0.25, 0.3) is 0 Å². The van der Waals surface area contributed by atoms with Crippen LogP contribution in [0.2, 0.25) is 0 Å². The second-order valence-electron chi connectivity index (χ2n) is 6.29. The van der Waals surface area contributed by atoms with Crippen molar-refractivity contribution in [2.24, 2.45) is 16.8 Å². The first-order chi connectivity index (χ1) is 10.7. The summed E-state index contributed by atoms with van der Waals surface area (Å²) in [5.74, 6) is 2.98. The van der Waals surface area contributed by atoms with Crippen LogP contribution in [0.5, 0.6) is 5.88 Å². The van der Waals surface area contributed by atoms with Gasteiger partial charge in [0.15, 0.2) is 5.96 Å². The normalized spacial score (nSPS) is 14.3. The van der Waals surface area contributed by atoms with Crippen LogP contribution in [0, 0.1) is 11.8 Å². The van der Waals surface area contributed by atoms with Crippen LogP contribution in [-0.4, -0.2) is 31.1 Å². The quantitative estimate of drug-likeness (QED) is 0.377. The Labute approximate surface area is 156 Å². The van der Waals surface area contributed by atoms with E-state index in [2.05, 4.69) is 34.5 Å². The number of nitrogens with zero attached hydrogens (tertiary/aromatic N) is 2. The third-order valence-electron chi connectivity index (χ3n) is 3.66. The number of pyridine rings is 1. The van der Waals surface area contributed by atoms with Crippen LogP contribution in [0.3, 0.4) is 0 Å². The van der Waals surface area contributed by atoms with Crippen molar-refractivity contribution in [2.75, 3.05) is 20.2 Å². The fourth-order valence-electron chi connectivity index (χ4n) is 2.01. The number of aromatic nitrogens is 1. The van der Waals surface area contributed by atoms with Gasteiger partial charge in [0.2, 0.25) is 5.88 Å². The van der Waals surface area contributed by atoms with Crippen LogP contribution in [0.15, 0.2) is 23.3 Å². The van der Waals surface area contributed by atoms with Gasteiger partial charge >= 0.3 is 0 Å². The number of halogens is 1. The Hall–Kier alpha value is -1.05. The molecule has 2 N–H and O–H groups in total. The highest BCUT2D eigenvalue weighted by Gasteiger charge is 2.22. The zero-order chi connectivity index (χ0) is 15.8. The predicted octanol–water partition coefficient (Wildman–Crippen LogP) is 3.20. The zero-order valence-corrected chi connectivity index (χ0v) is 16.7. The maximum Gasteiger partial charge on any atom is 0.213 e. The van der Waals surface area contributed by atoms with Gasteiger partial charge in [-0.25, -0.2) is 4.98 Å². The molecule has 1 heterocycles. The predicted molar refractivity (Wildman–Crippen MR) is 106 cm³/mol. The van der Waals surface area contributed by atoms with Gasteiger partial charge in [-0.2, -0.15) is 0 Å². The van der Waals surface area contributed by atoms with Crippen molar-refractivity contribution in [1.29, 1.82) is 0 Å². The SMILES string of the molecule is CN=C(NCCC(C)C)NCc1ccnc(OCC2CC2)c1.I. The molecule has 0 aromatic carbocycles. The molecule has 1 aliphatic rings. The summed E-state index contributed by atoms with van der Waals surface area (Å²) in [6, 6.07) is 4.00. The van der Waals surface area contributed by atoms with E-state index in [1.807, 2.05) is 12.1 Å². The number of hydrogen-bond acceptors (Lipinski definition) is 3. The molecule has 1 saturated carbocycles. The molecule has 130 valence electrons. The summed E-state index contributed by atoms with van der Waals surface area (Å²) in [6.45, 7) is 6.88. The first kappa shape index (κ1) is 20.0. The molecule has 1 aromatic heterocycles. The van der Waals surface area contributed by atoms with Crippen LogP contribution < -0.4 is 15.4 Å². The van der Waals surface area contributed by atoms with E-state index in [-0.39, 0.29) is 24.0 Å². The molecule has 0 unspecified atom stereocenters. The molecule has 23 heavy (non-hydrogen) atoms. The molecule has 6 heteroatoms. The second-order valence-corrected chi connectivity index (χ2v) is 6.29. The fraction of sp³-hybridized carbons (Fsp3) is 0.647. The van der Waals surface area contributed by atoms with Crippen molar-refractivity contribution in [1.82, 2.24) is 15.6 Å². The highest BCUT2D eigenvalue weighted by atomic mass is 127. The van der Waals surface area contributed by atoms with Crippen LogP contribution in [0.4, 0.5) is 0 Å². The van der Waals surface area contributed by atoms with Crippen molar-refractivity contribution in [2.45, 2.75) is 39.7 Å². The Balaban J connectivity index is 0.00000264. The second kappa shape index (κ2) is 10.7. The zero-order valence-electron chi connectivity index (χ0n) is 14.3. The van der Waals surface area contributed by atoms with Crippen molar-refractivity contribution < 1.29 is 4.74 Å². The van der Waals surface area contributed by atoms with Gasteiger partial charge in [0.05, 0.1) is 6.61 Å². The third-order valence-corrected chi connectivity index (χ3v) is 3.66. The molecule has 0 aliphatic heterocycles. The maximum absolute atomic E-state index is 5.71. The molecule has 0 bridgehead atoms. The van der Waals surface area contributed by atoms with Gasteiger partial charge in [-0.05, 0) is 42.7 Å². The Morgan fingerprint density at radius 3 is 2.83 bits per heavy atom. The lowest BCUT2D eigenvalue weighted by Gasteiger charge is -2.13. The van der Waals surface area contributed by atoms with E-state index in [1.54, 1.807) is 13.2 Å². The smallest absolute Gasteiger partial charge is 0.213 e. The molecule has 1 aromatic rings. The largest absolute Gasteiger partial charge is 0.477 e. The molecule has 0 saturated heterocycles. The maximum atomic E-state index is 5.71. The van der Waals surface area contributed by atoms with Gasteiger partial charge < -0.3 is 15.4 Å². The average molecular weight is 432 g/mol. The first-order valence-electron chi connectivity index (χ1n) is 8.19. The minimum Gasteiger partial charge on any atom is -0.477 e. The lowest BCUT2D eigenvalue weighted by atomic mass is 10.1. The van der Waals surface area contributed by atoms with Crippen molar-refractivity contribution >= 4 is 29.9 Å². The molecular formula is C17H29IN4O. The summed E-state index contributed by atoms with van der Waals surface area (Å²) in [5.41, 5.74) is 1.15. The van der Waals surface area contributed by atoms with E-state index in [0.717, 1.165) is 37.0 Å². The lowest BCUT2D eigenvalue weighted by Crippen LogP contribution is -2.37. The van der Waals surface area contributed by atoms with Crippen molar-refractivity contribution in [3.8, 4) is 5.88 Å². The number of aliphatic imine (C=N–C) groups is 1. The topological polar surface area (TPSA) is 58.5 Å². The third kappa shape index (κ3) is 8.39. The summed E-state index contributed by atoms with van der Waals surface area (Å²) < 4.78 is 5.71. The van der Waals surface area contributed by atoms with Gasteiger partial charge in [-0.15, -0.1) is 24.0 Å². The monoisotopic (exact) mass is 432 g/mol. The highest BCUT2D eigenvalue weighted by molar-refractivity contribution is 14.0. The summed E-state index contributed by atoms with van der Waals surface area (Å²) in [4.78, 5) is 8.50. The summed E-state index contributed by atoms with van der Waals surface area (Å²) in [5, 5.41) is 6.65. The summed E-state index contributed by atoms with van der Waals surface area (Å²) in [6.07, 6.45) is 5.52. The Morgan fingerprint density at radius 2 is 2.17 bits per heavy atom. The van der Waals surface area contributed by atoms with Crippen molar-refractivity contribution in [3.05, 3.63) is 23.9 Å². The van der Waals surface area contributed by atoms with Crippen LogP contribution in [0.1, 0.15) is 38.7 Å². The molecule has 2 rings (SSSR count). The van der Waals surface area contributed by atoms with Gasteiger partial charge in [-0.1, -0.05) is 13.8 Å². The van der Waals surface area contributed by atoms with Crippen LogP contribution >= 0.6 is 24.0 Å². The molecular weight excluding hydrogens is 403 g/mol. The lowest BCUT2D eigenvalue weighted by molar-refractivity contribution is 0.288. The van der Waals surface area contributed by atoms with E-state index in [4.69, 9.17) is 4.74 Å². The molecule has 0 atom stereocenters. The summed E-state index contributed by atoms with van der Waals surface area (Å²) in [7, 11) is 1.79. The van der Waals surface area contributed by atoms with E-state index >= 15 is 0 Å². The minimum absolute atomic E-state index is 0. The standard InChI is InChI=1S/C17H28N4O.HI/c1-13(2)6-8-20-17(18-3)21-11-15-7-9-19-16(10-15)22-12-14-4-5-14;/h7,9-10,13-14H,4-6,8,11-12H2,1-3H3,(H2,18,20,21);1H. The number of nitrogens with one attached hydrogen (secondary N) is 2. The highest BCUT2D eigenvalue weighted by Crippen LogP contribution is 2.29. The number of rotatable bonds is 8. The van der Waals surface area contributed by atoms with Gasteiger partial charge in [-0.3, -0.25) is 4.99 Å². The van der Waals surface area contributed by atoms with E-state index in [1.165, 1.54) is 12.8 Å².